The summed E-state index contributed by atoms with van der Waals surface area (Å²) in [6.45, 7) is 0. The molecule has 1 heterocycles. The number of rotatable bonds is 6. The Bertz CT molecular complexity index is 943. The summed E-state index contributed by atoms with van der Waals surface area (Å²) in [5.74, 6) is -0.902. The molecule has 1 saturated heterocycles. The Kier molecular flexibility index (Phi) is 5.54. The van der Waals surface area contributed by atoms with Gasteiger partial charge in [-0.05, 0) is 30.3 Å². The van der Waals surface area contributed by atoms with E-state index < -0.39 is 23.9 Å². The maximum atomic E-state index is 12.5. The molecule has 28 heavy (non-hydrogen) atoms. The van der Waals surface area contributed by atoms with Crippen LogP contribution in [0.15, 0.2) is 48.5 Å². The summed E-state index contributed by atoms with van der Waals surface area (Å²) in [6, 6.07) is 11.9. The number of carbonyl (C=O) groups excluding carboxylic acids is 4. The van der Waals surface area contributed by atoms with Crippen LogP contribution in [0.3, 0.4) is 0 Å². The number of hydrogen-bond donors (Lipinski definition) is 4. The van der Waals surface area contributed by atoms with Gasteiger partial charge in [0, 0.05) is 11.4 Å². The summed E-state index contributed by atoms with van der Waals surface area (Å²) in [4.78, 5) is 47.2. The van der Waals surface area contributed by atoms with Gasteiger partial charge in [-0.1, -0.05) is 18.2 Å². The molecule has 1 aliphatic heterocycles. The van der Waals surface area contributed by atoms with E-state index in [1.165, 1.54) is 7.11 Å². The van der Waals surface area contributed by atoms with Crippen LogP contribution in [0.1, 0.15) is 16.8 Å². The van der Waals surface area contributed by atoms with Gasteiger partial charge in [-0.15, -0.1) is 0 Å². The van der Waals surface area contributed by atoms with E-state index in [1.54, 1.807) is 48.5 Å². The average Bonchev–Trinajstić information content (AvgIpc) is 2.98. The lowest BCUT2D eigenvalue weighted by atomic mass is 10.1. The number of amides is 5. The number of nitrogens with one attached hydrogen (secondary N) is 4. The van der Waals surface area contributed by atoms with Gasteiger partial charge >= 0.3 is 6.03 Å². The first kappa shape index (κ1) is 18.9. The molecule has 5 amide bonds. The van der Waals surface area contributed by atoms with Gasteiger partial charge in [-0.2, -0.15) is 0 Å². The predicted octanol–water partition coefficient (Wildman–Crippen LogP) is 1.48. The zero-order chi connectivity index (χ0) is 20.1. The topological polar surface area (TPSA) is 126 Å². The third-order valence-corrected chi connectivity index (χ3v) is 4.00. The molecule has 4 N–H and O–H groups in total. The summed E-state index contributed by atoms with van der Waals surface area (Å²) < 4.78 is 5.18. The molecule has 0 unspecified atom stereocenters. The van der Waals surface area contributed by atoms with E-state index >= 15 is 0 Å². The lowest BCUT2D eigenvalue weighted by Gasteiger charge is -2.11. The molecule has 0 spiro atoms. The first-order valence-electron chi connectivity index (χ1n) is 8.42. The second-order valence-corrected chi connectivity index (χ2v) is 6.00. The standard InChI is InChI=1S/C19H18N4O5/c1-28-15-8-3-2-7-13(15)17(25)21-12-6-4-5-11(9-12)20-16(24)10-14-18(26)23-19(27)22-14/h2-9,14H,10H2,1H3,(H,20,24)(H,21,25)(H2,22,23,26,27)/t14-/m0/s1. The Labute approximate surface area is 160 Å². The number of para-hydroxylation sites is 1. The van der Waals surface area contributed by atoms with Crippen molar-refractivity contribution in [3.63, 3.8) is 0 Å². The molecule has 2 aromatic rings. The van der Waals surface area contributed by atoms with Crippen LogP contribution in [0, 0.1) is 0 Å². The number of imide groups is 1. The summed E-state index contributed by atoms with van der Waals surface area (Å²) in [5, 5.41) is 9.80. The van der Waals surface area contributed by atoms with E-state index in [9.17, 15) is 19.2 Å². The average molecular weight is 382 g/mol. The molecule has 1 fully saturated rings. The lowest BCUT2D eigenvalue weighted by Crippen LogP contribution is -2.33. The largest absolute Gasteiger partial charge is 0.496 e. The van der Waals surface area contributed by atoms with Gasteiger partial charge in [0.1, 0.15) is 11.8 Å². The van der Waals surface area contributed by atoms with Crippen LogP contribution in [-0.2, 0) is 9.59 Å². The highest BCUT2D eigenvalue weighted by molar-refractivity contribution is 6.08. The first-order chi connectivity index (χ1) is 13.5. The van der Waals surface area contributed by atoms with Crippen molar-refractivity contribution in [2.24, 2.45) is 0 Å². The minimum Gasteiger partial charge on any atom is -0.496 e. The SMILES string of the molecule is COc1ccccc1C(=O)Nc1cccc(NC(=O)C[C@@H]2NC(=O)NC2=O)c1. The fraction of sp³-hybridized carbons (Fsp3) is 0.158. The van der Waals surface area contributed by atoms with E-state index in [1.807, 2.05) is 0 Å². The fourth-order valence-corrected chi connectivity index (χ4v) is 2.71. The van der Waals surface area contributed by atoms with Crippen molar-refractivity contribution in [3.05, 3.63) is 54.1 Å². The molecule has 3 rings (SSSR count). The van der Waals surface area contributed by atoms with Gasteiger partial charge < -0.3 is 20.7 Å². The third kappa shape index (κ3) is 4.44. The summed E-state index contributed by atoms with van der Waals surface area (Å²) in [5.41, 5.74) is 1.29. The minimum atomic E-state index is -0.902. The fourth-order valence-electron chi connectivity index (χ4n) is 2.71. The van der Waals surface area contributed by atoms with Gasteiger partial charge in [0.2, 0.25) is 5.91 Å². The van der Waals surface area contributed by atoms with Gasteiger partial charge in [-0.25, -0.2) is 4.79 Å². The molecule has 0 aliphatic carbocycles. The Hall–Kier alpha value is -3.88. The first-order valence-corrected chi connectivity index (χ1v) is 8.42. The van der Waals surface area contributed by atoms with Crippen molar-refractivity contribution in [2.45, 2.75) is 12.5 Å². The van der Waals surface area contributed by atoms with Crippen LogP contribution in [0.4, 0.5) is 16.2 Å². The van der Waals surface area contributed by atoms with Crippen molar-refractivity contribution < 1.29 is 23.9 Å². The summed E-state index contributed by atoms with van der Waals surface area (Å²) >= 11 is 0. The molecule has 0 radical (unpaired) electrons. The van der Waals surface area contributed by atoms with Crippen LogP contribution < -0.4 is 26.0 Å². The van der Waals surface area contributed by atoms with E-state index in [-0.39, 0.29) is 12.3 Å². The molecule has 9 nitrogen and oxygen atoms in total. The van der Waals surface area contributed by atoms with Gasteiger partial charge in [0.05, 0.1) is 19.1 Å². The molecule has 0 aromatic heterocycles. The van der Waals surface area contributed by atoms with Gasteiger partial charge in [0.15, 0.2) is 0 Å². The Balaban J connectivity index is 1.64. The van der Waals surface area contributed by atoms with Crippen molar-refractivity contribution in [1.29, 1.82) is 0 Å². The van der Waals surface area contributed by atoms with E-state index in [0.717, 1.165) is 0 Å². The Morgan fingerprint density at radius 1 is 1.04 bits per heavy atom. The summed E-state index contributed by atoms with van der Waals surface area (Å²) in [7, 11) is 1.48. The zero-order valence-electron chi connectivity index (χ0n) is 14.9. The zero-order valence-corrected chi connectivity index (χ0v) is 14.9. The molecule has 0 bridgehead atoms. The number of benzene rings is 2. The molecule has 1 atom stereocenters. The number of methoxy groups -OCH3 is 1. The van der Waals surface area contributed by atoms with Crippen LogP contribution in [-0.4, -0.2) is 36.9 Å². The molecular weight excluding hydrogens is 364 g/mol. The monoisotopic (exact) mass is 382 g/mol. The molecule has 0 saturated carbocycles. The molecule has 9 heteroatoms. The number of hydrogen-bond acceptors (Lipinski definition) is 5. The summed E-state index contributed by atoms with van der Waals surface area (Å²) in [6.07, 6.45) is -0.199. The number of anilines is 2. The third-order valence-electron chi connectivity index (χ3n) is 4.00. The van der Waals surface area contributed by atoms with Gasteiger partial charge in [0.25, 0.3) is 11.8 Å². The molecular formula is C19H18N4O5. The Morgan fingerprint density at radius 2 is 1.75 bits per heavy atom. The molecule has 2 aromatic carbocycles. The van der Waals surface area contributed by atoms with E-state index in [4.69, 9.17) is 4.74 Å². The van der Waals surface area contributed by atoms with Crippen LogP contribution >= 0.6 is 0 Å². The highest BCUT2D eigenvalue weighted by Crippen LogP contribution is 2.21. The number of ether oxygens (including phenoxy) is 1. The maximum Gasteiger partial charge on any atom is 0.322 e. The van der Waals surface area contributed by atoms with E-state index in [2.05, 4.69) is 21.3 Å². The normalized spacial score (nSPS) is 15.4. The van der Waals surface area contributed by atoms with Crippen LogP contribution in [0.5, 0.6) is 5.75 Å². The number of urea groups is 1. The maximum absolute atomic E-state index is 12.5. The highest BCUT2D eigenvalue weighted by atomic mass is 16.5. The van der Waals surface area contributed by atoms with Crippen molar-refractivity contribution in [3.8, 4) is 5.75 Å². The van der Waals surface area contributed by atoms with E-state index in [0.29, 0.717) is 22.7 Å². The second-order valence-electron chi connectivity index (χ2n) is 6.00. The highest BCUT2D eigenvalue weighted by Gasteiger charge is 2.31. The minimum absolute atomic E-state index is 0.199. The number of carbonyl (C=O) groups is 4. The lowest BCUT2D eigenvalue weighted by molar-refractivity contribution is -0.124. The second kappa shape index (κ2) is 8.21. The van der Waals surface area contributed by atoms with Crippen LogP contribution in [0.25, 0.3) is 0 Å². The molecule has 144 valence electrons. The Morgan fingerprint density at radius 3 is 2.43 bits per heavy atom. The van der Waals surface area contributed by atoms with Crippen LogP contribution in [0.2, 0.25) is 0 Å². The molecule has 1 aliphatic rings. The van der Waals surface area contributed by atoms with Gasteiger partial charge in [-0.3, -0.25) is 19.7 Å². The van der Waals surface area contributed by atoms with Crippen molar-refractivity contribution in [2.75, 3.05) is 17.7 Å². The predicted molar refractivity (Wildman–Crippen MR) is 101 cm³/mol. The quantitative estimate of drug-likeness (QED) is 0.563. The van der Waals surface area contributed by atoms with Crippen molar-refractivity contribution in [1.82, 2.24) is 10.6 Å². The van der Waals surface area contributed by atoms with Crippen molar-refractivity contribution >= 4 is 35.1 Å². The smallest absolute Gasteiger partial charge is 0.322 e.